The van der Waals surface area contributed by atoms with Crippen molar-refractivity contribution in [1.29, 1.82) is 0 Å². The summed E-state index contributed by atoms with van der Waals surface area (Å²) in [5.41, 5.74) is 1.05. The molecule has 1 amide bonds. The maximum Gasteiger partial charge on any atom is 0.294 e. The van der Waals surface area contributed by atoms with E-state index in [1.807, 2.05) is 6.07 Å². The molecule has 0 spiro atoms. The summed E-state index contributed by atoms with van der Waals surface area (Å²) in [6.07, 6.45) is 1.26. The molecule has 1 aliphatic rings. The lowest BCUT2D eigenvalue weighted by atomic mass is 10.3. The van der Waals surface area contributed by atoms with Gasteiger partial charge in [-0.25, -0.2) is 8.42 Å². The van der Waals surface area contributed by atoms with Gasteiger partial charge in [0, 0.05) is 12.2 Å². The van der Waals surface area contributed by atoms with Crippen molar-refractivity contribution in [2.75, 3.05) is 29.4 Å². The molecule has 0 radical (unpaired) electrons. The molecule has 0 aromatic heterocycles. The van der Waals surface area contributed by atoms with Crippen molar-refractivity contribution in [3.8, 4) is 0 Å². The van der Waals surface area contributed by atoms with E-state index in [1.165, 1.54) is 34.8 Å². The molecule has 0 atom stereocenters. The lowest BCUT2D eigenvalue weighted by Gasteiger charge is -2.23. The van der Waals surface area contributed by atoms with Gasteiger partial charge in [0.1, 0.15) is 19.5 Å². The van der Waals surface area contributed by atoms with Crippen LogP contribution in [0.5, 0.6) is 0 Å². The Morgan fingerprint density at radius 3 is 2.37 bits per heavy atom. The highest BCUT2D eigenvalue weighted by atomic mass is 32.2. The molecule has 8 heteroatoms. The summed E-state index contributed by atoms with van der Waals surface area (Å²) < 4.78 is 37.5. The summed E-state index contributed by atoms with van der Waals surface area (Å²) in [5, 5.41) is 2.64. The molecule has 1 heterocycles. The molecule has 142 valence electrons. The van der Waals surface area contributed by atoms with Crippen molar-refractivity contribution in [3.63, 3.8) is 0 Å². The average molecular weight is 388 g/mol. The first-order valence-corrected chi connectivity index (χ1v) is 9.90. The number of para-hydroxylation sites is 1. The van der Waals surface area contributed by atoms with E-state index in [0.29, 0.717) is 31.1 Å². The maximum absolute atomic E-state index is 12.9. The molecule has 1 aliphatic heterocycles. The van der Waals surface area contributed by atoms with Crippen LogP contribution in [-0.4, -0.2) is 34.1 Å². The second-order valence-corrected chi connectivity index (χ2v) is 7.55. The summed E-state index contributed by atoms with van der Waals surface area (Å²) in [4.78, 5) is 12.2. The largest absolute Gasteiger partial charge is 0.494 e. The van der Waals surface area contributed by atoms with Crippen molar-refractivity contribution < 1.29 is 22.7 Å². The number of benzene rings is 2. The second kappa shape index (κ2) is 8.13. The lowest BCUT2D eigenvalue weighted by Crippen LogP contribution is -2.30. The van der Waals surface area contributed by atoms with Gasteiger partial charge in [0.05, 0.1) is 10.6 Å². The molecule has 0 aliphatic carbocycles. The molecule has 7 nitrogen and oxygen atoms in total. The van der Waals surface area contributed by atoms with Gasteiger partial charge in [-0.15, -0.1) is 0 Å². The van der Waals surface area contributed by atoms with E-state index in [2.05, 4.69) is 5.32 Å². The SMILES string of the molecule is CCN(c1ccccc1)S(=O)(=O)c1ccc(NC(=O)C2=COCCO2)cc1. The van der Waals surface area contributed by atoms with Crippen LogP contribution in [0.25, 0.3) is 0 Å². The van der Waals surface area contributed by atoms with Gasteiger partial charge in [0.2, 0.25) is 5.76 Å². The fraction of sp³-hybridized carbons (Fsp3) is 0.211. The maximum atomic E-state index is 12.9. The number of nitrogens with one attached hydrogen (secondary N) is 1. The van der Waals surface area contributed by atoms with Crippen molar-refractivity contribution in [1.82, 2.24) is 0 Å². The number of ether oxygens (including phenoxy) is 2. The molecule has 2 aromatic carbocycles. The highest BCUT2D eigenvalue weighted by Crippen LogP contribution is 2.24. The van der Waals surface area contributed by atoms with Crippen LogP contribution >= 0.6 is 0 Å². The van der Waals surface area contributed by atoms with E-state index >= 15 is 0 Å². The van der Waals surface area contributed by atoms with Gasteiger partial charge in [-0.05, 0) is 43.3 Å². The van der Waals surface area contributed by atoms with Crippen molar-refractivity contribution >= 4 is 27.3 Å². The molecule has 27 heavy (non-hydrogen) atoms. The first-order valence-electron chi connectivity index (χ1n) is 8.46. The number of carbonyl (C=O) groups is 1. The van der Waals surface area contributed by atoms with E-state index < -0.39 is 15.9 Å². The average Bonchev–Trinajstić information content (AvgIpc) is 2.70. The number of sulfonamides is 1. The normalized spacial score (nSPS) is 13.7. The van der Waals surface area contributed by atoms with Gasteiger partial charge < -0.3 is 14.8 Å². The predicted molar refractivity (Wildman–Crippen MR) is 102 cm³/mol. The fourth-order valence-electron chi connectivity index (χ4n) is 2.60. The third-order valence-electron chi connectivity index (χ3n) is 3.90. The minimum Gasteiger partial charge on any atom is -0.494 e. The molecule has 0 fully saturated rings. The van der Waals surface area contributed by atoms with Crippen molar-refractivity contribution in [2.45, 2.75) is 11.8 Å². The van der Waals surface area contributed by atoms with E-state index in [-0.39, 0.29) is 10.7 Å². The molecule has 1 N–H and O–H groups in total. The fourth-order valence-corrected chi connectivity index (χ4v) is 4.08. The molecule has 2 aromatic rings. The van der Waals surface area contributed by atoms with Crippen LogP contribution in [0.4, 0.5) is 11.4 Å². The topological polar surface area (TPSA) is 84.9 Å². The van der Waals surface area contributed by atoms with E-state index in [1.54, 1.807) is 31.2 Å². The summed E-state index contributed by atoms with van der Waals surface area (Å²) in [7, 11) is -3.71. The van der Waals surface area contributed by atoms with Gasteiger partial charge >= 0.3 is 0 Å². The molecule has 0 saturated carbocycles. The standard InChI is InChI=1S/C19H20N2O5S/c1-2-21(16-6-4-3-5-7-16)27(23,24)17-10-8-15(9-11-17)20-19(22)18-14-25-12-13-26-18/h3-11,14H,2,12-13H2,1H3,(H,20,22). The number of carbonyl (C=O) groups excluding carboxylic acids is 1. The monoisotopic (exact) mass is 388 g/mol. The van der Waals surface area contributed by atoms with Crippen LogP contribution in [0.3, 0.4) is 0 Å². The van der Waals surface area contributed by atoms with Crippen LogP contribution in [0.1, 0.15) is 6.92 Å². The molecular weight excluding hydrogens is 368 g/mol. The lowest BCUT2D eigenvalue weighted by molar-refractivity contribution is -0.117. The minimum absolute atomic E-state index is 0.0826. The molecule has 0 unspecified atom stereocenters. The molecule has 0 bridgehead atoms. The van der Waals surface area contributed by atoms with Crippen molar-refractivity contribution in [2.24, 2.45) is 0 Å². The quantitative estimate of drug-likeness (QED) is 0.822. The summed E-state index contributed by atoms with van der Waals surface area (Å²) in [6.45, 7) is 2.79. The molecule has 0 saturated heterocycles. The third-order valence-corrected chi connectivity index (χ3v) is 5.82. The smallest absolute Gasteiger partial charge is 0.294 e. The Kier molecular flexibility index (Phi) is 5.66. The van der Waals surface area contributed by atoms with Gasteiger partial charge in [-0.1, -0.05) is 18.2 Å². The Bertz CT molecular complexity index is 924. The molecule has 3 rings (SSSR count). The van der Waals surface area contributed by atoms with E-state index in [4.69, 9.17) is 9.47 Å². The molecular formula is C19H20N2O5S. The third kappa shape index (κ3) is 4.22. The van der Waals surface area contributed by atoms with E-state index in [9.17, 15) is 13.2 Å². The summed E-state index contributed by atoms with van der Waals surface area (Å²) >= 11 is 0. The Hall–Kier alpha value is -3.00. The first-order chi connectivity index (χ1) is 13.0. The van der Waals surface area contributed by atoms with Crippen LogP contribution in [0.2, 0.25) is 0 Å². The van der Waals surface area contributed by atoms with Crippen LogP contribution in [0.15, 0.2) is 71.5 Å². The van der Waals surface area contributed by atoms with Gasteiger partial charge in [0.25, 0.3) is 15.9 Å². The van der Waals surface area contributed by atoms with Crippen LogP contribution in [0, 0.1) is 0 Å². The van der Waals surface area contributed by atoms with Crippen LogP contribution in [-0.2, 0) is 24.3 Å². The zero-order chi connectivity index (χ0) is 19.3. The number of amides is 1. The second-order valence-electron chi connectivity index (χ2n) is 5.69. The Morgan fingerprint density at radius 2 is 1.78 bits per heavy atom. The van der Waals surface area contributed by atoms with Gasteiger partial charge in [-0.2, -0.15) is 0 Å². The highest BCUT2D eigenvalue weighted by molar-refractivity contribution is 7.92. The van der Waals surface area contributed by atoms with Gasteiger partial charge in [-0.3, -0.25) is 9.10 Å². The van der Waals surface area contributed by atoms with Gasteiger partial charge in [0.15, 0.2) is 0 Å². The Labute approximate surface area is 158 Å². The Morgan fingerprint density at radius 1 is 1.07 bits per heavy atom. The zero-order valence-corrected chi connectivity index (χ0v) is 15.6. The van der Waals surface area contributed by atoms with Crippen molar-refractivity contribution in [3.05, 3.63) is 66.6 Å². The Balaban J connectivity index is 1.77. The predicted octanol–water partition coefficient (Wildman–Crippen LogP) is 2.73. The first kappa shape index (κ1) is 18.8. The highest BCUT2D eigenvalue weighted by Gasteiger charge is 2.23. The number of rotatable bonds is 6. The summed E-state index contributed by atoms with van der Waals surface area (Å²) in [5.74, 6) is -0.371. The summed E-state index contributed by atoms with van der Waals surface area (Å²) in [6, 6.07) is 14.9. The minimum atomic E-state index is -3.71. The number of hydrogen-bond donors (Lipinski definition) is 1. The number of anilines is 2. The van der Waals surface area contributed by atoms with E-state index in [0.717, 1.165) is 0 Å². The van der Waals surface area contributed by atoms with Crippen LogP contribution < -0.4 is 9.62 Å². The zero-order valence-electron chi connectivity index (χ0n) is 14.8. The number of nitrogens with zero attached hydrogens (tertiary/aromatic N) is 1. The number of hydrogen-bond acceptors (Lipinski definition) is 5.